The van der Waals surface area contributed by atoms with Crippen molar-refractivity contribution in [3.05, 3.63) is 24.2 Å². The third-order valence-corrected chi connectivity index (χ3v) is 3.01. The summed E-state index contributed by atoms with van der Waals surface area (Å²) in [7, 11) is 1.51. The zero-order valence-corrected chi connectivity index (χ0v) is 10.9. The number of nitrogens with two attached hydrogens (primary N) is 1. The van der Waals surface area contributed by atoms with Gasteiger partial charge in [0.25, 0.3) is 5.91 Å². The minimum Gasteiger partial charge on any atom is -0.383 e. The molecule has 0 bridgehead atoms. The first-order valence-corrected chi connectivity index (χ1v) is 5.88. The Bertz CT molecular complexity index is 708. The fourth-order valence-electron chi connectivity index (χ4n) is 2.06. The molecule has 9 nitrogen and oxygen atoms in total. The largest absolute Gasteiger partial charge is 0.383 e. The number of methoxy groups -OCH3 is 1. The number of carbonyl (C=O) groups is 1. The number of fused-ring (bicyclic) bond motifs is 1. The second kappa shape index (κ2) is 4.46. The normalized spacial score (nSPS) is 18.2. The second-order valence-corrected chi connectivity index (χ2v) is 4.25. The van der Waals surface area contributed by atoms with Crippen molar-refractivity contribution >= 4 is 22.8 Å². The minimum atomic E-state index is -0.499. The summed E-state index contributed by atoms with van der Waals surface area (Å²) in [6, 6.07) is 0. The summed E-state index contributed by atoms with van der Waals surface area (Å²) in [5.74, 6) is 0.106. The third kappa shape index (κ3) is 1.75. The number of aryl methyl sites for hydroxylation is 1. The van der Waals surface area contributed by atoms with E-state index in [0.717, 1.165) is 0 Å². The van der Waals surface area contributed by atoms with Gasteiger partial charge in [0.1, 0.15) is 12.1 Å². The number of carbonyl (C=O) groups excluding carboxylic acids is 1. The molecule has 1 atom stereocenters. The van der Waals surface area contributed by atoms with Gasteiger partial charge >= 0.3 is 0 Å². The molecule has 2 aromatic rings. The number of nitrogens with one attached hydrogen (secondary N) is 1. The summed E-state index contributed by atoms with van der Waals surface area (Å²) in [5, 5.41) is 6.21. The average molecular weight is 275 g/mol. The summed E-state index contributed by atoms with van der Waals surface area (Å²) in [6.07, 6.45) is 3.90. The summed E-state index contributed by atoms with van der Waals surface area (Å²) in [5.41, 5.74) is 9.80. The highest BCUT2D eigenvalue weighted by Crippen LogP contribution is 2.20. The molecule has 104 valence electrons. The number of aromatic nitrogens is 4. The molecular weight excluding hydrogens is 262 g/mol. The number of hydrazine groups is 1. The third-order valence-electron chi connectivity index (χ3n) is 3.01. The molecule has 1 amide bonds. The molecule has 3 N–H and O–H groups in total. The molecule has 1 aliphatic rings. The molecule has 3 heterocycles. The van der Waals surface area contributed by atoms with Crippen LogP contribution in [0.2, 0.25) is 0 Å². The Kier molecular flexibility index (Phi) is 2.75. The zero-order chi connectivity index (χ0) is 14.3. The van der Waals surface area contributed by atoms with Gasteiger partial charge in [-0.1, -0.05) is 0 Å². The van der Waals surface area contributed by atoms with Gasteiger partial charge in [-0.05, 0) is 13.0 Å². The van der Waals surface area contributed by atoms with Crippen molar-refractivity contribution in [1.82, 2.24) is 24.9 Å². The zero-order valence-electron chi connectivity index (χ0n) is 10.9. The summed E-state index contributed by atoms with van der Waals surface area (Å²) in [4.78, 5) is 21.2. The lowest BCUT2D eigenvalue weighted by molar-refractivity contribution is -0.131. The molecule has 1 unspecified atom stereocenters. The first-order valence-electron chi connectivity index (χ1n) is 5.88. The van der Waals surface area contributed by atoms with E-state index in [4.69, 9.17) is 10.5 Å². The number of hydrogen-bond acceptors (Lipinski definition) is 7. The summed E-state index contributed by atoms with van der Waals surface area (Å²) < 4.78 is 5.17. The molecule has 1 aliphatic heterocycles. The van der Waals surface area contributed by atoms with E-state index in [1.54, 1.807) is 13.0 Å². The van der Waals surface area contributed by atoms with Crippen molar-refractivity contribution < 1.29 is 9.53 Å². The number of rotatable bonds is 3. The smallest absolute Gasteiger partial charge is 0.268 e. The summed E-state index contributed by atoms with van der Waals surface area (Å²) in [6.45, 7) is 1.79. The molecule has 0 spiro atoms. The van der Waals surface area contributed by atoms with Crippen LogP contribution in [0.15, 0.2) is 18.5 Å². The number of hydrogen-bond donors (Lipinski definition) is 2. The maximum absolute atomic E-state index is 11.8. The topological polar surface area (TPSA) is 111 Å². The highest BCUT2D eigenvalue weighted by molar-refractivity contribution is 5.91. The van der Waals surface area contributed by atoms with Crippen LogP contribution in [-0.2, 0) is 9.53 Å². The number of amides is 1. The quantitative estimate of drug-likeness (QED) is 0.780. The molecule has 3 rings (SSSR count). The van der Waals surface area contributed by atoms with E-state index in [1.807, 2.05) is 0 Å². The Hall–Kier alpha value is -2.68. The highest BCUT2D eigenvalue weighted by atomic mass is 16.5. The minimum absolute atomic E-state index is 0.236. The van der Waals surface area contributed by atoms with Gasteiger partial charge in [0.15, 0.2) is 11.9 Å². The van der Waals surface area contributed by atoms with Crippen molar-refractivity contribution in [2.24, 2.45) is 0 Å². The molecule has 0 saturated heterocycles. The van der Waals surface area contributed by atoms with E-state index in [2.05, 4.69) is 20.6 Å². The van der Waals surface area contributed by atoms with Crippen molar-refractivity contribution in [1.29, 1.82) is 0 Å². The van der Waals surface area contributed by atoms with Crippen LogP contribution < -0.4 is 11.3 Å². The fraction of sp³-hybridized carbons (Fsp3) is 0.273. The van der Waals surface area contributed by atoms with E-state index in [0.29, 0.717) is 22.5 Å². The van der Waals surface area contributed by atoms with E-state index in [1.165, 1.54) is 29.3 Å². The average Bonchev–Trinajstić information content (AvgIpc) is 2.93. The maximum Gasteiger partial charge on any atom is 0.268 e. The van der Waals surface area contributed by atoms with Crippen LogP contribution in [0.4, 0.5) is 5.82 Å². The number of nitrogens with zero attached hydrogens (tertiary/aromatic N) is 5. The number of nitrogen functional groups attached to an aromatic ring is 1. The standard InChI is InChI=1S/C11H13N7O2/c1-6-9-10(12)13-5-14-11(9)18(15-6)16-17-7(19)3-4-8(17)20-2/h3-5,8,16H,1-2H3,(H2,12,13,14). The van der Waals surface area contributed by atoms with Gasteiger partial charge in [-0.25, -0.2) is 20.5 Å². The van der Waals surface area contributed by atoms with Crippen LogP contribution in [0.1, 0.15) is 5.69 Å². The maximum atomic E-state index is 11.8. The van der Waals surface area contributed by atoms with Crippen LogP contribution in [0.5, 0.6) is 0 Å². The molecule has 2 aromatic heterocycles. The van der Waals surface area contributed by atoms with Crippen LogP contribution >= 0.6 is 0 Å². The van der Waals surface area contributed by atoms with Gasteiger partial charge in [0.2, 0.25) is 0 Å². The van der Waals surface area contributed by atoms with Gasteiger partial charge in [-0.15, -0.1) is 4.79 Å². The van der Waals surface area contributed by atoms with Crippen LogP contribution in [-0.4, -0.2) is 44.1 Å². The lowest BCUT2D eigenvalue weighted by Gasteiger charge is -2.24. The van der Waals surface area contributed by atoms with Crippen molar-refractivity contribution in [2.75, 3.05) is 18.4 Å². The second-order valence-electron chi connectivity index (χ2n) is 4.25. The molecule has 9 heteroatoms. The molecular formula is C11H13N7O2. The first-order chi connectivity index (χ1) is 9.61. The Morgan fingerprint density at radius 2 is 2.25 bits per heavy atom. The Morgan fingerprint density at radius 3 is 3.00 bits per heavy atom. The van der Waals surface area contributed by atoms with Gasteiger partial charge in [-0.2, -0.15) is 5.10 Å². The Balaban J connectivity index is 2.00. The van der Waals surface area contributed by atoms with Gasteiger partial charge < -0.3 is 10.5 Å². The summed E-state index contributed by atoms with van der Waals surface area (Å²) >= 11 is 0. The highest BCUT2D eigenvalue weighted by Gasteiger charge is 2.27. The predicted molar refractivity (Wildman–Crippen MR) is 70.6 cm³/mol. The Morgan fingerprint density at radius 1 is 1.45 bits per heavy atom. The Labute approximate surface area is 114 Å². The fourth-order valence-corrected chi connectivity index (χ4v) is 2.06. The first kappa shape index (κ1) is 12.4. The lowest BCUT2D eigenvalue weighted by atomic mass is 10.3. The lowest BCUT2D eigenvalue weighted by Crippen LogP contribution is -2.44. The predicted octanol–water partition coefficient (Wildman–Crippen LogP) is -0.454. The van der Waals surface area contributed by atoms with E-state index in [9.17, 15) is 4.79 Å². The molecule has 0 fully saturated rings. The van der Waals surface area contributed by atoms with Crippen molar-refractivity contribution in [3.8, 4) is 0 Å². The number of anilines is 1. The SMILES string of the molecule is COC1C=CC(=O)N1Nn1nc(C)c2c(N)ncnc21. The van der Waals surface area contributed by atoms with Gasteiger partial charge in [0, 0.05) is 13.2 Å². The van der Waals surface area contributed by atoms with Crippen LogP contribution in [0, 0.1) is 6.92 Å². The molecule has 20 heavy (non-hydrogen) atoms. The molecule has 0 aromatic carbocycles. The van der Waals surface area contributed by atoms with Crippen molar-refractivity contribution in [2.45, 2.75) is 13.2 Å². The van der Waals surface area contributed by atoms with E-state index in [-0.39, 0.29) is 5.91 Å². The van der Waals surface area contributed by atoms with Crippen LogP contribution in [0.3, 0.4) is 0 Å². The molecule has 0 radical (unpaired) electrons. The molecule has 0 aliphatic carbocycles. The molecule has 0 saturated carbocycles. The van der Waals surface area contributed by atoms with E-state index >= 15 is 0 Å². The van der Waals surface area contributed by atoms with E-state index < -0.39 is 6.23 Å². The monoisotopic (exact) mass is 275 g/mol. The van der Waals surface area contributed by atoms with Crippen molar-refractivity contribution in [3.63, 3.8) is 0 Å². The van der Waals surface area contributed by atoms with Gasteiger partial charge in [-0.3, -0.25) is 4.79 Å². The number of ether oxygens (including phenoxy) is 1. The van der Waals surface area contributed by atoms with Gasteiger partial charge in [0.05, 0.1) is 11.1 Å². The van der Waals surface area contributed by atoms with Crippen LogP contribution in [0.25, 0.3) is 11.0 Å².